The summed E-state index contributed by atoms with van der Waals surface area (Å²) >= 11 is 6.14. The molecule has 0 bridgehead atoms. The molecule has 0 spiro atoms. The second-order valence-corrected chi connectivity index (χ2v) is 5.28. The largest absolute Gasteiger partial charge is 0.309 e. The number of nitrogens with one attached hydrogen (secondary N) is 1. The number of rotatable bonds is 4. The van der Waals surface area contributed by atoms with E-state index in [1.54, 1.807) is 0 Å². The molecule has 2 heteroatoms. The summed E-state index contributed by atoms with van der Waals surface area (Å²) in [5, 5.41) is 6.82. The molecule has 3 aromatic rings. The number of hydrogen-bond acceptors (Lipinski definition) is 1. The van der Waals surface area contributed by atoms with Gasteiger partial charge in [0.05, 0.1) is 0 Å². The van der Waals surface area contributed by atoms with Gasteiger partial charge in [0, 0.05) is 18.1 Å². The SMILES string of the molecule is Clc1ccccc1CNCc1ccc2ccccc2c1. The highest BCUT2D eigenvalue weighted by molar-refractivity contribution is 6.31. The molecule has 0 heterocycles. The fourth-order valence-corrected chi connectivity index (χ4v) is 2.53. The third kappa shape index (κ3) is 3.01. The maximum absolute atomic E-state index is 6.14. The molecule has 3 rings (SSSR count). The monoisotopic (exact) mass is 281 g/mol. The number of benzene rings is 3. The van der Waals surface area contributed by atoms with Gasteiger partial charge in [0.1, 0.15) is 0 Å². The lowest BCUT2D eigenvalue weighted by atomic mass is 10.1. The van der Waals surface area contributed by atoms with Crippen molar-refractivity contribution in [3.05, 3.63) is 82.9 Å². The first kappa shape index (κ1) is 13.2. The van der Waals surface area contributed by atoms with Crippen LogP contribution < -0.4 is 5.32 Å². The zero-order valence-electron chi connectivity index (χ0n) is 11.1. The molecule has 3 aromatic carbocycles. The summed E-state index contributed by atoms with van der Waals surface area (Å²) in [6.45, 7) is 1.63. The molecule has 0 radical (unpaired) electrons. The Morgan fingerprint density at radius 1 is 0.750 bits per heavy atom. The van der Waals surface area contributed by atoms with Crippen LogP contribution in [0.25, 0.3) is 10.8 Å². The van der Waals surface area contributed by atoms with Gasteiger partial charge in [0.15, 0.2) is 0 Å². The van der Waals surface area contributed by atoms with E-state index in [1.165, 1.54) is 16.3 Å². The molecule has 20 heavy (non-hydrogen) atoms. The summed E-state index contributed by atoms with van der Waals surface area (Å²) in [5.41, 5.74) is 2.42. The van der Waals surface area contributed by atoms with Gasteiger partial charge < -0.3 is 5.32 Å². The minimum atomic E-state index is 0.784. The fourth-order valence-electron chi connectivity index (χ4n) is 2.33. The molecule has 0 amide bonds. The van der Waals surface area contributed by atoms with Gasteiger partial charge in [0.25, 0.3) is 0 Å². The molecule has 0 saturated carbocycles. The lowest BCUT2D eigenvalue weighted by Crippen LogP contribution is -2.12. The van der Waals surface area contributed by atoms with Crippen LogP contribution in [-0.4, -0.2) is 0 Å². The van der Waals surface area contributed by atoms with Crippen LogP contribution in [0.2, 0.25) is 5.02 Å². The maximum Gasteiger partial charge on any atom is 0.0450 e. The van der Waals surface area contributed by atoms with E-state index in [0.717, 1.165) is 23.7 Å². The third-order valence-corrected chi connectivity index (χ3v) is 3.79. The van der Waals surface area contributed by atoms with Crippen molar-refractivity contribution in [2.75, 3.05) is 0 Å². The second kappa shape index (κ2) is 6.08. The molecule has 0 fully saturated rings. The molecule has 0 aliphatic heterocycles. The average Bonchev–Trinajstić information content (AvgIpc) is 2.49. The molecule has 0 aromatic heterocycles. The smallest absolute Gasteiger partial charge is 0.0450 e. The topological polar surface area (TPSA) is 12.0 Å². The van der Waals surface area contributed by atoms with E-state index in [1.807, 2.05) is 18.2 Å². The van der Waals surface area contributed by atoms with Crippen molar-refractivity contribution in [2.24, 2.45) is 0 Å². The Balaban J connectivity index is 1.67. The van der Waals surface area contributed by atoms with Crippen molar-refractivity contribution in [3.8, 4) is 0 Å². The molecule has 1 N–H and O–H groups in total. The first-order valence-electron chi connectivity index (χ1n) is 6.75. The first-order valence-corrected chi connectivity index (χ1v) is 7.12. The minimum absolute atomic E-state index is 0.784. The molecule has 0 aliphatic carbocycles. The maximum atomic E-state index is 6.14. The zero-order chi connectivity index (χ0) is 13.8. The number of fused-ring (bicyclic) bond motifs is 1. The summed E-state index contributed by atoms with van der Waals surface area (Å²) in [7, 11) is 0. The van der Waals surface area contributed by atoms with Crippen LogP contribution in [0.3, 0.4) is 0 Å². The van der Waals surface area contributed by atoms with Crippen molar-refractivity contribution in [3.63, 3.8) is 0 Å². The highest BCUT2D eigenvalue weighted by atomic mass is 35.5. The molecule has 100 valence electrons. The Morgan fingerprint density at radius 2 is 1.50 bits per heavy atom. The van der Waals surface area contributed by atoms with Crippen LogP contribution in [0.5, 0.6) is 0 Å². The van der Waals surface area contributed by atoms with Gasteiger partial charge in [-0.3, -0.25) is 0 Å². The van der Waals surface area contributed by atoms with Gasteiger partial charge in [-0.25, -0.2) is 0 Å². The Kier molecular flexibility index (Phi) is 4.00. The van der Waals surface area contributed by atoms with E-state index in [2.05, 4.69) is 53.8 Å². The third-order valence-electron chi connectivity index (χ3n) is 3.42. The van der Waals surface area contributed by atoms with E-state index in [9.17, 15) is 0 Å². The quantitative estimate of drug-likeness (QED) is 0.725. The summed E-state index contributed by atoms with van der Waals surface area (Å²) in [5.74, 6) is 0. The predicted octanol–water partition coefficient (Wildman–Crippen LogP) is 4.78. The Labute approximate surface area is 124 Å². The van der Waals surface area contributed by atoms with Crippen molar-refractivity contribution in [2.45, 2.75) is 13.1 Å². The second-order valence-electron chi connectivity index (χ2n) is 4.88. The predicted molar refractivity (Wildman–Crippen MR) is 85.9 cm³/mol. The Bertz CT molecular complexity index is 721. The van der Waals surface area contributed by atoms with Gasteiger partial charge in [-0.1, -0.05) is 66.2 Å². The summed E-state index contributed by atoms with van der Waals surface area (Å²) in [6.07, 6.45) is 0. The van der Waals surface area contributed by atoms with Crippen molar-refractivity contribution in [1.82, 2.24) is 5.32 Å². The van der Waals surface area contributed by atoms with Crippen molar-refractivity contribution in [1.29, 1.82) is 0 Å². The summed E-state index contributed by atoms with van der Waals surface area (Å²) in [6, 6.07) is 22.9. The van der Waals surface area contributed by atoms with E-state index >= 15 is 0 Å². The highest BCUT2D eigenvalue weighted by Crippen LogP contribution is 2.17. The molecule has 1 nitrogen and oxygen atoms in total. The van der Waals surface area contributed by atoms with E-state index in [-0.39, 0.29) is 0 Å². The van der Waals surface area contributed by atoms with Crippen molar-refractivity contribution < 1.29 is 0 Å². The normalized spacial score (nSPS) is 10.8. The first-order chi connectivity index (χ1) is 9.83. The van der Waals surface area contributed by atoms with Crippen LogP contribution >= 0.6 is 11.6 Å². The highest BCUT2D eigenvalue weighted by Gasteiger charge is 1.99. The Morgan fingerprint density at radius 3 is 2.35 bits per heavy atom. The lowest BCUT2D eigenvalue weighted by Gasteiger charge is -2.07. The van der Waals surface area contributed by atoms with E-state index in [0.29, 0.717) is 0 Å². The minimum Gasteiger partial charge on any atom is -0.309 e. The van der Waals surface area contributed by atoms with Gasteiger partial charge in [-0.05, 0) is 34.0 Å². The fraction of sp³-hybridized carbons (Fsp3) is 0.111. The number of hydrogen-bond donors (Lipinski definition) is 1. The average molecular weight is 282 g/mol. The van der Waals surface area contributed by atoms with Crippen LogP contribution in [0.15, 0.2) is 66.7 Å². The molecular formula is C18H16ClN. The lowest BCUT2D eigenvalue weighted by molar-refractivity contribution is 0.694. The molecule has 0 aliphatic rings. The molecule has 0 unspecified atom stereocenters. The van der Waals surface area contributed by atoms with Gasteiger partial charge in [-0.2, -0.15) is 0 Å². The summed E-state index contributed by atoms with van der Waals surface area (Å²) in [4.78, 5) is 0. The van der Waals surface area contributed by atoms with E-state index < -0.39 is 0 Å². The zero-order valence-corrected chi connectivity index (χ0v) is 11.9. The van der Waals surface area contributed by atoms with Crippen LogP contribution in [0, 0.1) is 0 Å². The standard InChI is InChI=1S/C18H16ClN/c19-18-8-4-3-7-17(18)13-20-12-14-9-10-15-5-1-2-6-16(15)11-14/h1-11,20H,12-13H2. The Hall–Kier alpha value is -1.83. The number of halogens is 1. The van der Waals surface area contributed by atoms with Crippen LogP contribution in [0.1, 0.15) is 11.1 Å². The van der Waals surface area contributed by atoms with Gasteiger partial charge in [-0.15, -0.1) is 0 Å². The van der Waals surface area contributed by atoms with Gasteiger partial charge in [0.2, 0.25) is 0 Å². The molecule has 0 atom stereocenters. The van der Waals surface area contributed by atoms with Crippen LogP contribution in [0.4, 0.5) is 0 Å². The van der Waals surface area contributed by atoms with Gasteiger partial charge >= 0.3 is 0 Å². The summed E-state index contributed by atoms with van der Waals surface area (Å²) < 4.78 is 0. The molecular weight excluding hydrogens is 266 g/mol. The van der Waals surface area contributed by atoms with Crippen LogP contribution in [-0.2, 0) is 13.1 Å². The van der Waals surface area contributed by atoms with Crippen molar-refractivity contribution >= 4 is 22.4 Å². The van der Waals surface area contributed by atoms with E-state index in [4.69, 9.17) is 11.6 Å². The molecule has 0 saturated heterocycles.